The van der Waals surface area contributed by atoms with Gasteiger partial charge in [-0.2, -0.15) is 0 Å². The molecule has 19 heavy (non-hydrogen) atoms. The number of rotatable bonds is 6. The van der Waals surface area contributed by atoms with E-state index in [0.29, 0.717) is 5.03 Å². The third-order valence-corrected chi connectivity index (χ3v) is 3.20. The van der Waals surface area contributed by atoms with Crippen LogP contribution in [0.4, 0.5) is 0 Å². The standard InChI is InChI=1S/C12H17N3O3S/c1-3-18-12(16)10(13)11(15-14)19-9-6-4-8(17-2)5-7-9/h4-7,15H,3,13-14H2,1-2H3/b11-10+. The quantitative estimate of drug-likeness (QED) is 0.235. The van der Waals surface area contributed by atoms with Crippen LogP contribution in [-0.2, 0) is 9.53 Å². The molecule has 0 aliphatic rings. The minimum Gasteiger partial charge on any atom is -0.497 e. The first kappa shape index (κ1) is 15.2. The van der Waals surface area contributed by atoms with E-state index < -0.39 is 5.97 Å². The number of nitrogens with two attached hydrogens (primary N) is 2. The highest BCUT2D eigenvalue weighted by Crippen LogP contribution is 2.27. The Bertz CT molecular complexity index is 460. The van der Waals surface area contributed by atoms with Crippen molar-refractivity contribution >= 4 is 17.7 Å². The van der Waals surface area contributed by atoms with Crippen molar-refractivity contribution in [3.63, 3.8) is 0 Å². The third kappa shape index (κ3) is 4.38. The zero-order chi connectivity index (χ0) is 14.3. The number of ether oxygens (including phenoxy) is 2. The van der Waals surface area contributed by atoms with E-state index in [4.69, 9.17) is 21.1 Å². The van der Waals surface area contributed by atoms with Crippen molar-refractivity contribution < 1.29 is 14.3 Å². The number of hydrogen-bond acceptors (Lipinski definition) is 7. The second-order valence-electron chi connectivity index (χ2n) is 3.39. The van der Waals surface area contributed by atoms with E-state index in [2.05, 4.69) is 5.43 Å². The molecule has 0 aliphatic carbocycles. The fourth-order valence-electron chi connectivity index (χ4n) is 1.23. The fraction of sp³-hybridized carbons (Fsp3) is 0.250. The van der Waals surface area contributed by atoms with Gasteiger partial charge in [0.25, 0.3) is 0 Å². The van der Waals surface area contributed by atoms with E-state index in [0.717, 1.165) is 10.6 Å². The Labute approximate surface area is 116 Å². The van der Waals surface area contributed by atoms with Crippen LogP contribution in [-0.4, -0.2) is 19.7 Å². The van der Waals surface area contributed by atoms with Crippen molar-refractivity contribution in [2.24, 2.45) is 11.6 Å². The topological polar surface area (TPSA) is 99.6 Å². The maximum absolute atomic E-state index is 11.5. The van der Waals surface area contributed by atoms with Crippen LogP contribution < -0.4 is 21.7 Å². The van der Waals surface area contributed by atoms with Gasteiger partial charge in [-0.15, -0.1) is 0 Å². The Morgan fingerprint density at radius 1 is 1.37 bits per heavy atom. The maximum atomic E-state index is 11.5. The first-order valence-corrected chi connectivity index (χ1v) is 6.39. The van der Waals surface area contributed by atoms with Crippen molar-refractivity contribution in [2.45, 2.75) is 11.8 Å². The Morgan fingerprint density at radius 3 is 2.47 bits per heavy atom. The van der Waals surface area contributed by atoms with Gasteiger partial charge < -0.3 is 20.6 Å². The summed E-state index contributed by atoms with van der Waals surface area (Å²) in [6, 6.07) is 7.27. The smallest absolute Gasteiger partial charge is 0.356 e. The largest absolute Gasteiger partial charge is 0.497 e. The van der Waals surface area contributed by atoms with Crippen LogP contribution in [0.3, 0.4) is 0 Å². The highest BCUT2D eigenvalue weighted by atomic mass is 32.2. The summed E-state index contributed by atoms with van der Waals surface area (Å²) in [4.78, 5) is 12.4. The molecular formula is C12H17N3O3S. The number of carbonyl (C=O) groups excluding carboxylic acids is 1. The van der Waals surface area contributed by atoms with Gasteiger partial charge in [-0.3, -0.25) is 0 Å². The lowest BCUT2D eigenvalue weighted by Gasteiger charge is -2.10. The van der Waals surface area contributed by atoms with Crippen molar-refractivity contribution in [3.8, 4) is 5.75 Å². The second-order valence-corrected chi connectivity index (χ2v) is 4.47. The Balaban J connectivity index is 2.85. The van der Waals surface area contributed by atoms with E-state index in [1.807, 2.05) is 12.1 Å². The van der Waals surface area contributed by atoms with Gasteiger partial charge in [-0.05, 0) is 31.2 Å². The Morgan fingerprint density at radius 2 is 2.00 bits per heavy atom. The lowest BCUT2D eigenvalue weighted by Crippen LogP contribution is -2.27. The number of thioether (sulfide) groups is 1. The molecule has 0 radical (unpaired) electrons. The Hall–Kier alpha value is -1.86. The van der Waals surface area contributed by atoms with Crippen LogP contribution in [0.25, 0.3) is 0 Å². The van der Waals surface area contributed by atoms with E-state index in [9.17, 15) is 4.79 Å². The SMILES string of the molecule is CCOC(=O)/C(N)=C(/NN)Sc1ccc(OC)cc1. The van der Waals surface area contributed by atoms with E-state index in [1.165, 1.54) is 11.8 Å². The van der Waals surface area contributed by atoms with Gasteiger partial charge in [0.15, 0.2) is 0 Å². The molecule has 5 N–H and O–H groups in total. The predicted octanol–water partition coefficient (Wildman–Crippen LogP) is 0.942. The summed E-state index contributed by atoms with van der Waals surface area (Å²) in [6.07, 6.45) is 0. The molecule has 0 unspecified atom stereocenters. The monoisotopic (exact) mass is 283 g/mol. The van der Waals surface area contributed by atoms with Gasteiger partial charge in [-0.25, -0.2) is 10.6 Å². The molecule has 1 rings (SSSR count). The highest BCUT2D eigenvalue weighted by molar-refractivity contribution is 8.03. The zero-order valence-corrected chi connectivity index (χ0v) is 11.6. The fourth-order valence-corrected chi connectivity index (χ4v) is 1.99. The van der Waals surface area contributed by atoms with Gasteiger partial charge in [0.2, 0.25) is 0 Å². The molecule has 1 aromatic rings. The summed E-state index contributed by atoms with van der Waals surface area (Å²) < 4.78 is 9.87. The van der Waals surface area contributed by atoms with Crippen LogP contribution in [0, 0.1) is 0 Å². The van der Waals surface area contributed by atoms with Gasteiger partial charge in [0.05, 0.1) is 13.7 Å². The summed E-state index contributed by atoms with van der Waals surface area (Å²) in [5.74, 6) is 5.51. The zero-order valence-electron chi connectivity index (χ0n) is 10.8. The predicted molar refractivity (Wildman–Crippen MR) is 74.0 cm³/mol. The molecule has 6 nitrogen and oxygen atoms in total. The summed E-state index contributed by atoms with van der Waals surface area (Å²) in [5.41, 5.74) is 8.03. The molecule has 0 bridgehead atoms. The molecule has 1 aromatic carbocycles. The minimum atomic E-state index is -0.600. The van der Waals surface area contributed by atoms with Crippen LogP contribution in [0.5, 0.6) is 5.75 Å². The summed E-state index contributed by atoms with van der Waals surface area (Å²) in [6.45, 7) is 1.96. The van der Waals surface area contributed by atoms with Gasteiger partial charge in [-0.1, -0.05) is 11.8 Å². The number of methoxy groups -OCH3 is 1. The lowest BCUT2D eigenvalue weighted by atomic mass is 10.3. The number of benzene rings is 1. The van der Waals surface area contributed by atoms with Gasteiger partial charge in [0.1, 0.15) is 16.5 Å². The highest BCUT2D eigenvalue weighted by Gasteiger charge is 2.13. The maximum Gasteiger partial charge on any atom is 0.356 e. The molecular weight excluding hydrogens is 266 g/mol. The number of esters is 1. The van der Waals surface area contributed by atoms with Crippen molar-refractivity contribution in [1.82, 2.24) is 5.43 Å². The average molecular weight is 283 g/mol. The average Bonchev–Trinajstić information content (AvgIpc) is 2.45. The van der Waals surface area contributed by atoms with E-state index in [-0.39, 0.29) is 12.3 Å². The van der Waals surface area contributed by atoms with Gasteiger partial charge in [0, 0.05) is 4.90 Å². The molecule has 0 aliphatic heterocycles. The second kappa shape index (κ2) is 7.55. The number of nitrogens with one attached hydrogen (secondary N) is 1. The van der Waals surface area contributed by atoms with Crippen LogP contribution in [0.2, 0.25) is 0 Å². The van der Waals surface area contributed by atoms with Crippen molar-refractivity contribution in [3.05, 3.63) is 35.0 Å². The minimum absolute atomic E-state index is 0.0508. The first-order chi connectivity index (χ1) is 9.12. The van der Waals surface area contributed by atoms with Gasteiger partial charge >= 0.3 is 5.97 Å². The molecule has 7 heteroatoms. The van der Waals surface area contributed by atoms with Crippen LogP contribution in [0.1, 0.15) is 6.92 Å². The van der Waals surface area contributed by atoms with Crippen molar-refractivity contribution in [2.75, 3.05) is 13.7 Å². The molecule has 0 spiro atoms. The summed E-state index contributed by atoms with van der Waals surface area (Å²) >= 11 is 1.23. The molecule has 0 atom stereocenters. The Kier molecular flexibility index (Phi) is 6.04. The number of hydrazine groups is 1. The molecule has 0 saturated heterocycles. The van der Waals surface area contributed by atoms with E-state index in [1.54, 1.807) is 26.2 Å². The molecule has 0 saturated carbocycles. The third-order valence-electron chi connectivity index (χ3n) is 2.15. The lowest BCUT2D eigenvalue weighted by molar-refractivity contribution is -0.138. The van der Waals surface area contributed by atoms with Crippen molar-refractivity contribution in [1.29, 1.82) is 0 Å². The van der Waals surface area contributed by atoms with Crippen LogP contribution >= 0.6 is 11.8 Å². The molecule has 0 heterocycles. The number of carbonyl (C=O) groups is 1. The molecule has 0 aromatic heterocycles. The molecule has 0 fully saturated rings. The first-order valence-electron chi connectivity index (χ1n) is 5.57. The molecule has 104 valence electrons. The molecule has 0 amide bonds. The normalized spacial score (nSPS) is 11.5. The summed E-state index contributed by atoms with van der Waals surface area (Å²) in [7, 11) is 1.59. The van der Waals surface area contributed by atoms with E-state index >= 15 is 0 Å². The summed E-state index contributed by atoms with van der Waals surface area (Å²) in [5, 5.41) is 0.337. The number of hydrogen-bond donors (Lipinski definition) is 3. The van der Waals surface area contributed by atoms with Crippen LogP contribution in [0.15, 0.2) is 39.9 Å².